The lowest BCUT2D eigenvalue weighted by molar-refractivity contribution is -0.113. The highest BCUT2D eigenvalue weighted by molar-refractivity contribution is 8.27. The number of thioether (sulfide) groups is 1. The maximum atomic E-state index is 13.1. The second-order valence-electron chi connectivity index (χ2n) is 6.68. The number of amides is 1. The van der Waals surface area contributed by atoms with Gasteiger partial charge in [-0.25, -0.2) is 0 Å². The Balaban J connectivity index is 1.85. The Morgan fingerprint density at radius 3 is 2.55 bits per heavy atom. The van der Waals surface area contributed by atoms with Crippen molar-refractivity contribution in [2.75, 3.05) is 25.2 Å². The van der Waals surface area contributed by atoms with Gasteiger partial charge in [-0.1, -0.05) is 55.0 Å². The molecule has 1 fully saturated rings. The van der Waals surface area contributed by atoms with Crippen molar-refractivity contribution in [2.24, 2.45) is 0 Å². The normalized spacial score (nSPS) is 15.0. The molecule has 0 N–H and O–H groups in total. The van der Waals surface area contributed by atoms with Crippen LogP contribution in [0.1, 0.15) is 32.3 Å². The molecule has 1 heterocycles. The number of hydrogen-bond acceptors (Lipinski definition) is 6. The van der Waals surface area contributed by atoms with Gasteiger partial charge in [-0.05, 0) is 55.3 Å². The smallest absolute Gasteiger partial charge is 0.270 e. The van der Waals surface area contributed by atoms with E-state index in [2.05, 4.69) is 6.92 Å². The molecule has 8 heteroatoms. The summed E-state index contributed by atoms with van der Waals surface area (Å²) in [6.07, 6.45) is 3.84. The molecular formula is C23H24ClNO4S2. The number of benzene rings is 2. The van der Waals surface area contributed by atoms with E-state index in [-0.39, 0.29) is 5.91 Å². The molecule has 1 saturated heterocycles. The van der Waals surface area contributed by atoms with Crippen LogP contribution in [-0.4, -0.2) is 30.6 Å². The fraction of sp³-hybridized carbons (Fsp3) is 0.304. The summed E-state index contributed by atoms with van der Waals surface area (Å²) in [5.74, 6) is 1.70. The molecule has 5 nitrogen and oxygen atoms in total. The Morgan fingerprint density at radius 1 is 1.10 bits per heavy atom. The van der Waals surface area contributed by atoms with E-state index >= 15 is 0 Å². The van der Waals surface area contributed by atoms with Crippen LogP contribution in [0.25, 0.3) is 6.08 Å². The number of halogens is 1. The summed E-state index contributed by atoms with van der Waals surface area (Å²) in [5.41, 5.74) is 1.44. The van der Waals surface area contributed by atoms with E-state index < -0.39 is 0 Å². The second kappa shape index (κ2) is 10.9. The molecule has 31 heavy (non-hydrogen) atoms. The average molecular weight is 478 g/mol. The van der Waals surface area contributed by atoms with E-state index in [1.54, 1.807) is 25.3 Å². The first kappa shape index (κ1) is 23.4. The third kappa shape index (κ3) is 5.53. The van der Waals surface area contributed by atoms with Crippen molar-refractivity contribution in [3.8, 4) is 17.2 Å². The van der Waals surface area contributed by atoms with E-state index in [4.69, 9.17) is 38.0 Å². The number of anilines is 1. The SMILES string of the molecule is CCCCOc1ccc(/C=C2\SC(=S)N(c3ccc(OC)c(Cl)c3)C2=O)cc1OCC. The lowest BCUT2D eigenvalue weighted by Crippen LogP contribution is -2.27. The molecule has 0 unspecified atom stereocenters. The van der Waals surface area contributed by atoms with Gasteiger partial charge >= 0.3 is 0 Å². The van der Waals surface area contributed by atoms with Gasteiger partial charge < -0.3 is 14.2 Å². The number of ether oxygens (including phenoxy) is 3. The maximum absolute atomic E-state index is 13.1. The van der Waals surface area contributed by atoms with Gasteiger partial charge in [0.25, 0.3) is 5.91 Å². The molecule has 2 aromatic carbocycles. The molecule has 1 aliphatic rings. The molecule has 0 bridgehead atoms. The number of carbonyl (C=O) groups is 1. The molecule has 2 aromatic rings. The number of nitrogens with zero attached hydrogens (tertiary/aromatic N) is 1. The Hall–Kier alpha value is -2.22. The fourth-order valence-corrected chi connectivity index (χ4v) is 4.52. The standard InChI is InChI=1S/C23H24ClNO4S2/c1-4-6-11-29-19-9-7-15(12-20(19)28-5-2)13-21-22(26)25(23(30)31-21)16-8-10-18(27-3)17(24)14-16/h7-10,12-14H,4-6,11H2,1-3H3/b21-13-. The predicted octanol–water partition coefficient (Wildman–Crippen LogP) is 6.33. The van der Waals surface area contributed by atoms with Crippen LogP contribution >= 0.6 is 35.6 Å². The first-order chi connectivity index (χ1) is 15.0. The number of unbranched alkanes of at least 4 members (excludes halogenated alkanes) is 1. The van der Waals surface area contributed by atoms with Crippen molar-refractivity contribution < 1.29 is 19.0 Å². The van der Waals surface area contributed by atoms with Crippen molar-refractivity contribution in [1.29, 1.82) is 0 Å². The second-order valence-corrected chi connectivity index (χ2v) is 8.76. The van der Waals surface area contributed by atoms with Crippen molar-refractivity contribution in [1.82, 2.24) is 0 Å². The minimum Gasteiger partial charge on any atom is -0.495 e. The third-order valence-corrected chi connectivity index (χ3v) is 6.11. The third-order valence-electron chi connectivity index (χ3n) is 4.51. The highest BCUT2D eigenvalue weighted by Crippen LogP contribution is 2.39. The largest absolute Gasteiger partial charge is 0.495 e. The van der Waals surface area contributed by atoms with Crippen LogP contribution in [0.4, 0.5) is 5.69 Å². The zero-order valence-corrected chi connectivity index (χ0v) is 20.0. The molecule has 0 spiro atoms. The number of rotatable bonds is 9. The van der Waals surface area contributed by atoms with Gasteiger partial charge in [0, 0.05) is 0 Å². The summed E-state index contributed by atoms with van der Waals surface area (Å²) in [6, 6.07) is 10.8. The molecule has 3 rings (SSSR count). The highest BCUT2D eigenvalue weighted by atomic mass is 35.5. The molecule has 0 atom stereocenters. The average Bonchev–Trinajstić information content (AvgIpc) is 3.02. The molecule has 0 aromatic heterocycles. The molecule has 164 valence electrons. The minimum atomic E-state index is -0.197. The maximum Gasteiger partial charge on any atom is 0.270 e. The van der Waals surface area contributed by atoms with Crippen molar-refractivity contribution in [2.45, 2.75) is 26.7 Å². The zero-order valence-electron chi connectivity index (χ0n) is 17.6. The van der Waals surface area contributed by atoms with Gasteiger partial charge in [0.15, 0.2) is 15.8 Å². The molecule has 0 saturated carbocycles. The Bertz CT molecular complexity index is 1010. The van der Waals surface area contributed by atoms with Crippen LogP contribution in [-0.2, 0) is 4.79 Å². The van der Waals surface area contributed by atoms with Gasteiger partial charge in [-0.15, -0.1) is 0 Å². The van der Waals surface area contributed by atoms with E-state index in [0.717, 1.165) is 18.4 Å². The van der Waals surface area contributed by atoms with Crippen molar-refractivity contribution in [3.63, 3.8) is 0 Å². The summed E-state index contributed by atoms with van der Waals surface area (Å²) < 4.78 is 17.2. The highest BCUT2D eigenvalue weighted by Gasteiger charge is 2.33. The summed E-state index contributed by atoms with van der Waals surface area (Å²) in [6.45, 7) is 5.20. The topological polar surface area (TPSA) is 48.0 Å². The van der Waals surface area contributed by atoms with E-state index in [1.807, 2.05) is 31.2 Å². The van der Waals surface area contributed by atoms with Gasteiger partial charge in [-0.2, -0.15) is 0 Å². The predicted molar refractivity (Wildman–Crippen MR) is 132 cm³/mol. The van der Waals surface area contributed by atoms with Crippen LogP contribution in [0.2, 0.25) is 5.02 Å². The molecular weight excluding hydrogens is 454 g/mol. The van der Waals surface area contributed by atoms with E-state index in [1.165, 1.54) is 16.7 Å². The summed E-state index contributed by atoms with van der Waals surface area (Å²) in [4.78, 5) is 15.1. The van der Waals surface area contributed by atoms with Gasteiger partial charge in [0.1, 0.15) is 5.75 Å². The van der Waals surface area contributed by atoms with E-state index in [9.17, 15) is 4.79 Å². The Kier molecular flexibility index (Phi) is 8.23. The lowest BCUT2D eigenvalue weighted by Gasteiger charge is -2.15. The number of thiocarbonyl (C=S) groups is 1. The lowest BCUT2D eigenvalue weighted by atomic mass is 10.1. The van der Waals surface area contributed by atoms with Gasteiger partial charge in [0.05, 0.1) is 35.9 Å². The Morgan fingerprint density at radius 2 is 1.87 bits per heavy atom. The summed E-state index contributed by atoms with van der Waals surface area (Å²) >= 11 is 12.9. The monoisotopic (exact) mass is 477 g/mol. The van der Waals surface area contributed by atoms with Gasteiger partial charge in [0.2, 0.25) is 0 Å². The van der Waals surface area contributed by atoms with Gasteiger partial charge in [-0.3, -0.25) is 9.69 Å². The first-order valence-electron chi connectivity index (χ1n) is 9.99. The summed E-state index contributed by atoms with van der Waals surface area (Å²) in [7, 11) is 1.54. The minimum absolute atomic E-state index is 0.197. The summed E-state index contributed by atoms with van der Waals surface area (Å²) in [5, 5.41) is 0.415. The molecule has 1 amide bonds. The van der Waals surface area contributed by atoms with Crippen LogP contribution in [0.3, 0.4) is 0 Å². The first-order valence-corrected chi connectivity index (χ1v) is 11.6. The van der Waals surface area contributed by atoms with Crippen LogP contribution < -0.4 is 19.1 Å². The van der Waals surface area contributed by atoms with Crippen molar-refractivity contribution in [3.05, 3.63) is 51.9 Å². The number of methoxy groups -OCH3 is 1. The zero-order chi connectivity index (χ0) is 22.4. The fourth-order valence-electron chi connectivity index (χ4n) is 2.96. The molecule has 1 aliphatic heterocycles. The van der Waals surface area contributed by atoms with Crippen LogP contribution in [0.15, 0.2) is 41.3 Å². The van der Waals surface area contributed by atoms with Crippen LogP contribution in [0.5, 0.6) is 17.2 Å². The molecule has 0 aliphatic carbocycles. The van der Waals surface area contributed by atoms with Crippen LogP contribution in [0, 0.1) is 0 Å². The number of hydrogen-bond donors (Lipinski definition) is 0. The molecule has 0 radical (unpaired) electrons. The quantitative estimate of drug-likeness (QED) is 0.239. The van der Waals surface area contributed by atoms with Crippen molar-refractivity contribution >= 4 is 57.6 Å². The Labute approximate surface area is 197 Å². The number of carbonyl (C=O) groups excluding carboxylic acids is 1. The van der Waals surface area contributed by atoms with E-state index in [0.29, 0.717) is 50.4 Å².